The Morgan fingerprint density at radius 3 is 2.24 bits per heavy atom. The molecule has 2 aromatic rings. The number of urea groups is 1. The lowest BCUT2D eigenvalue weighted by Gasteiger charge is -2.29. The van der Waals surface area contributed by atoms with Gasteiger partial charge in [-0.15, -0.1) is 0 Å². The Kier molecular flexibility index (Phi) is 9.61. The first-order valence-electron chi connectivity index (χ1n) is 13.3. The minimum Gasteiger partial charge on any atom is -0.497 e. The van der Waals surface area contributed by atoms with E-state index in [9.17, 15) is 14.4 Å². The highest BCUT2D eigenvalue weighted by Gasteiger charge is 2.26. The van der Waals surface area contributed by atoms with Crippen molar-refractivity contribution in [1.29, 1.82) is 0 Å². The lowest BCUT2D eigenvalue weighted by atomic mass is 10.1. The van der Waals surface area contributed by atoms with Gasteiger partial charge in [-0.1, -0.05) is 0 Å². The Hall–Kier alpha value is -3.75. The molecule has 0 unspecified atom stereocenters. The lowest BCUT2D eigenvalue weighted by molar-refractivity contribution is 0.0773. The van der Waals surface area contributed by atoms with Crippen molar-refractivity contribution in [2.45, 2.75) is 46.6 Å². The van der Waals surface area contributed by atoms with Crippen molar-refractivity contribution in [2.75, 3.05) is 56.6 Å². The van der Waals surface area contributed by atoms with Gasteiger partial charge < -0.3 is 30.1 Å². The van der Waals surface area contributed by atoms with E-state index in [1.54, 1.807) is 42.3 Å². The number of amides is 4. The lowest BCUT2D eigenvalue weighted by Crippen LogP contribution is -2.49. The fraction of sp³-hybridized carbons (Fsp3) is 0.483. The van der Waals surface area contributed by atoms with Crippen molar-refractivity contribution in [2.24, 2.45) is 0 Å². The van der Waals surface area contributed by atoms with Crippen molar-refractivity contribution < 1.29 is 19.1 Å². The number of methoxy groups -OCH3 is 1. The van der Waals surface area contributed by atoms with Crippen LogP contribution in [0.5, 0.6) is 5.75 Å². The normalized spacial score (nSPS) is 13.9. The number of carbonyl (C=O) groups excluding carboxylic acids is 3. The van der Waals surface area contributed by atoms with Crippen LogP contribution in [0.15, 0.2) is 42.5 Å². The number of nitrogens with one attached hydrogen (secondary N) is 2. The van der Waals surface area contributed by atoms with Crippen molar-refractivity contribution in [3.63, 3.8) is 0 Å². The van der Waals surface area contributed by atoms with E-state index in [0.29, 0.717) is 55.3 Å². The Morgan fingerprint density at radius 1 is 0.947 bits per heavy atom. The second kappa shape index (κ2) is 12.7. The molecule has 1 aliphatic heterocycles. The number of rotatable bonds is 7. The summed E-state index contributed by atoms with van der Waals surface area (Å²) in [5.41, 5.74) is 2.08. The predicted octanol–water partition coefficient (Wildman–Crippen LogP) is 4.45. The van der Waals surface area contributed by atoms with Crippen LogP contribution in [0, 0.1) is 0 Å². The summed E-state index contributed by atoms with van der Waals surface area (Å²) in [6.45, 7) is 13.5. The van der Waals surface area contributed by atoms with E-state index in [4.69, 9.17) is 4.74 Å². The van der Waals surface area contributed by atoms with Gasteiger partial charge in [-0.3, -0.25) is 9.59 Å². The monoisotopic (exact) mass is 523 g/mol. The van der Waals surface area contributed by atoms with Crippen molar-refractivity contribution in [3.8, 4) is 5.75 Å². The standard InChI is InChI=1S/C29H41N5O4/c1-7-32(8-2)27(36)24-20-22(30-26(35)21-10-13-23(38-6)14-11-21)12-15-25(24)33-16-9-17-34(19-18-33)28(37)31-29(3,4)5/h10-15,20H,7-9,16-19H2,1-6H3,(H,30,35)(H,31,37). The molecule has 9 nitrogen and oxygen atoms in total. The molecular weight excluding hydrogens is 482 g/mol. The molecule has 1 saturated heterocycles. The van der Waals surface area contributed by atoms with Crippen LogP contribution in [-0.4, -0.2) is 79.6 Å². The SMILES string of the molecule is CCN(CC)C(=O)c1cc(NC(=O)c2ccc(OC)cc2)ccc1N1CCCN(C(=O)NC(C)(C)C)CC1. The first-order chi connectivity index (χ1) is 18.1. The van der Waals surface area contributed by atoms with Gasteiger partial charge in [0.15, 0.2) is 0 Å². The average Bonchev–Trinajstić information content (AvgIpc) is 3.15. The summed E-state index contributed by atoms with van der Waals surface area (Å²) < 4.78 is 5.17. The fourth-order valence-corrected chi connectivity index (χ4v) is 4.45. The number of ether oxygens (including phenoxy) is 1. The van der Waals surface area contributed by atoms with Crippen LogP contribution in [0.1, 0.15) is 61.8 Å². The maximum absolute atomic E-state index is 13.6. The van der Waals surface area contributed by atoms with Crippen LogP contribution in [0.2, 0.25) is 0 Å². The Labute approximate surface area is 226 Å². The minimum absolute atomic E-state index is 0.0737. The molecule has 1 heterocycles. The molecule has 4 amide bonds. The summed E-state index contributed by atoms with van der Waals surface area (Å²) >= 11 is 0. The summed E-state index contributed by atoms with van der Waals surface area (Å²) in [5.74, 6) is 0.318. The highest BCUT2D eigenvalue weighted by molar-refractivity contribution is 6.06. The molecule has 0 bridgehead atoms. The van der Waals surface area contributed by atoms with Gasteiger partial charge in [0.05, 0.1) is 12.7 Å². The topological polar surface area (TPSA) is 94.2 Å². The third-order valence-electron chi connectivity index (χ3n) is 6.49. The van der Waals surface area contributed by atoms with E-state index in [2.05, 4.69) is 15.5 Å². The van der Waals surface area contributed by atoms with E-state index in [1.165, 1.54) is 0 Å². The molecule has 2 N–H and O–H groups in total. The molecule has 3 rings (SSSR count). The third kappa shape index (κ3) is 7.40. The van der Waals surface area contributed by atoms with Crippen molar-refractivity contribution in [3.05, 3.63) is 53.6 Å². The highest BCUT2D eigenvalue weighted by Crippen LogP contribution is 2.28. The molecule has 206 valence electrons. The van der Waals surface area contributed by atoms with E-state index in [0.717, 1.165) is 18.7 Å². The first-order valence-corrected chi connectivity index (χ1v) is 13.3. The molecule has 0 aliphatic carbocycles. The molecule has 0 saturated carbocycles. The third-order valence-corrected chi connectivity index (χ3v) is 6.49. The molecular formula is C29H41N5O4. The largest absolute Gasteiger partial charge is 0.497 e. The van der Waals surface area contributed by atoms with E-state index in [1.807, 2.05) is 51.7 Å². The molecule has 38 heavy (non-hydrogen) atoms. The summed E-state index contributed by atoms with van der Waals surface area (Å²) in [5, 5.41) is 5.96. The van der Waals surface area contributed by atoms with E-state index >= 15 is 0 Å². The van der Waals surface area contributed by atoms with Crippen LogP contribution in [0.25, 0.3) is 0 Å². The van der Waals surface area contributed by atoms with Gasteiger partial charge in [0.2, 0.25) is 0 Å². The second-order valence-corrected chi connectivity index (χ2v) is 10.4. The molecule has 0 radical (unpaired) electrons. The number of anilines is 2. The van der Waals surface area contributed by atoms with Crippen molar-refractivity contribution >= 4 is 29.2 Å². The smallest absolute Gasteiger partial charge is 0.317 e. The number of benzene rings is 2. The summed E-state index contributed by atoms with van der Waals surface area (Å²) in [7, 11) is 1.58. The number of carbonyl (C=O) groups is 3. The van der Waals surface area contributed by atoms with Crippen LogP contribution < -0.4 is 20.3 Å². The summed E-state index contributed by atoms with van der Waals surface area (Å²) in [4.78, 5) is 44.9. The quantitative estimate of drug-likeness (QED) is 0.559. The fourth-order valence-electron chi connectivity index (χ4n) is 4.45. The van der Waals surface area contributed by atoms with Gasteiger partial charge in [-0.25, -0.2) is 4.79 Å². The van der Waals surface area contributed by atoms with Crippen LogP contribution in [0.4, 0.5) is 16.2 Å². The van der Waals surface area contributed by atoms with Gasteiger partial charge in [0.1, 0.15) is 5.75 Å². The summed E-state index contributed by atoms with van der Waals surface area (Å²) in [6.07, 6.45) is 0.784. The number of nitrogens with zero attached hydrogens (tertiary/aromatic N) is 3. The Bertz CT molecular complexity index is 1120. The minimum atomic E-state index is -0.307. The first kappa shape index (κ1) is 28.8. The van der Waals surface area contributed by atoms with Gasteiger partial charge in [0, 0.05) is 61.7 Å². The van der Waals surface area contributed by atoms with Gasteiger partial charge in [0.25, 0.3) is 11.8 Å². The van der Waals surface area contributed by atoms with Crippen LogP contribution >= 0.6 is 0 Å². The maximum atomic E-state index is 13.6. The Balaban J connectivity index is 1.85. The molecule has 1 fully saturated rings. The van der Waals surface area contributed by atoms with E-state index in [-0.39, 0.29) is 23.4 Å². The van der Waals surface area contributed by atoms with Crippen LogP contribution in [-0.2, 0) is 0 Å². The second-order valence-electron chi connectivity index (χ2n) is 10.4. The Morgan fingerprint density at radius 2 is 1.63 bits per heavy atom. The zero-order valence-corrected chi connectivity index (χ0v) is 23.5. The van der Waals surface area contributed by atoms with Gasteiger partial charge in [-0.05, 0) is 83.5 Å². The predicted molar refractivity (Wildman–Crippen MR) is 151 cm³/mol. The van der Waals surface area contributed by atoms with E-state index < -0.39 is 0 Å². The molecule has 0 spiro atoms. The zero-order chi connectivity index (χ0) is 27.9. The number of hydrogen-bond acceptors (Lipinski definition) is 5. The van der Waals surface area contributed by atoms with Gasteiger partial charge >= 0.3 is 6.03 Å². The van der Waals surface area contributed by atoms with Crippen molar-refractivity contribution in [1.82, 2.24) is 15.1 Å². The van der Waals surface area contributed by atoms with Gasteiger partial charge in [-0.2, -0.15) is 0 Å². The zero-order valence-electron chi connectivity index (χ0n) is 23.5. The summed E-state index contributed by atoms with van der Waals surface area (Å²) in [6, 6.07) is 12.3. The molecule has 1 aliphatic rings. The molecule has 0 atom stereocenters. The van der Waals surface area contributed by atoms with Crippen LogP contribution in [0.3, 0.4) is 0 Å². The molecule has 9 heteroatoms. The average molecular weight is 524 g/mol. The molecule has 0 aromatic heterocycles. The highest BCUT2D eigenvalue weighted by atomic mass is 16.5. The molecule has 2 aromatic carbocycles. The number of hydrogen-bond donors (Lipinski definition) is 2. The maximum Gasteiger partial charge on any atom is 0.317 e.